The summed E-state index contributed by atoms with van der Waals surface area (Å²) in [6, 6.07) is 14.9. The number of methoxy groups -OCH3 is 1. The second kappa shape index (κ2) is 7.73. The standard InChI is InChI=1S/C27H31N3O2S/c1-17-3-5-20(6-4-17)27-13-18-9-19(14-27)12-26(11-18,15-27)16-28-24(31)30-25-29-22-8-7-21(32-2)10-23(22)33-25/h3-8,10,18-19H,9,11-16H2,1-2H3,(H2,28,29,30,31). The van der Waals surface area contributed by atoms with E-state index >= 15 is 0 Å². The van der Waals surface area contributed by atoms with Crippen LogP contribution in [-0.2, 0) is 5.41 Å². The number of amides is 2. The first-order chi connectivity index (χ1) is 15.9. The normalized spacial score (nSPS) is 29.9. The van der Waals surface area contributed by atoms with Crippen molar-refractivity contribution in [2.75, 3.05) is 19.0 Å². The third kappa shape index (κ3) is 3.78. The van der Waals surface area contributed by atoms with E-state index in [1.54, 1.807) is 7.11 Å². The lowest BCUT2D eigenvalue weighted by molar-refractivity contribution is -0.0692. The Balaban J connectivity index is 1.16. The third-order valence-corrected chi connectivity index (χ3v) is 9.22. The Labute approximate surface area is 198 Å². The summed E-state index contributed by atoms with van der Waals surface area (Å²) in [6.07, 6.45) is 7.69. The van der Waals surface area contributed by atoms with Crippen LogP contribution in [0, 0.1) is 24.2 Å². The van der Waals surface area contributed by atoms with Gasteiger partial charge in [-0.1, -0.05) is 41.2 Å². The number of aryl methyl sites for hydroxylation is 1. The Hall–Kier alpha value is -2.60. The van der Waals surface area contributed by atoms with Gasteiger partial charge in [-0.05, 0) is 91.9 Å². The zero-order valence-corrected chi connectivity index (χ0v) is 20.1. The number of urea groups is 1. The minimum Gasteiger partial charge on any atom is -0.497 e. The topological polar surface area (TPSA) is 63.2 Å². The number of ether oxygens (including phenoxy) is 1. The fourth-order valence-electron chi connectivity index (χ4n) is 7.40. The Morgan fingerprint density at radius 3 is 2.61 bits per heavy atom. The zero-order chi connectivity index (χ0) is 22.6. The van der Waals surface area contributed by atoms with Gasteiger partial charge in [-0.15, -0.1) is 0 Å². The Kier molecular flexibility index (Phi) is 4.91. The highest BCUT2D eigenvalue weighted by Crippen LogP contribution is 2.65. The maximum Gasteiger partial charge on any atom is 0.321 e. The molecule has 2 N–H and O–H groups in total. The SMILES string of the molecule is COc1ccc2nc(NC(=O)NCC34CC5CC(C3)CC(c3ccc(C)cc3)(C5)C4)sc2c1. The van der Waals surface area contributed by atoms with Crippen molar-refractivity contribution >= 4 is 32.7 Å². The van der Waals surface area contributed by atoms with E-state index in [-0.39, 0.29) is 11.4 Å². The molecule has 172 valence electrons. The molecule has 2 atom stereocenters. The number of rotatable bonds is 5. The highest BCUT2D eigenvalue weighted by molar-refractivity contribution is 7.22. The quantitative estimate of drug-likeness (QED) is 0.470. The molecule has 0 aliphatic heterocycles. The molecule has 6 heteroatoms. The summed E-state index contributed by atoms with van der Waals surface area (Å²) in [5, 5.41) is 6.81. The molecule has 2 aromatic carbocycles. The molecule has 0 radical (unpaired) electrons. The van der Waals surface area contributed by atoms with Gasteiger partial charge < -0.3 is 10.1 Å². The molecule has 0 saturated heterocycles. The van der Waals surface area contributed by atoms with Crippen molar-refractivity contribution < 1.29 is 9.53 Å². The van der Waals surface area contributed by atoms with Crippen molar-refractivity contribution in [2.24, 2.45) is 17.3 Å². The molecule has 2 unspecified atom stereocenters. The van der Waals surface area contributed by atoms with Crippen LogP contribution in [0.25, 0.3) is 10.2 Å². The van der Waals surface area contributed by atoms with Gasteiger partial charge in [0.15, 0.2) is 5.13 Å². The average molecular weight is 462 g/mol. The van der Waals surface area contributed by atoms with E-state index in [2.05, 4.69) is 46.8 Å². The molecule has 4 aliphatic rings. The first kappa shape index (κ1) is 21.0. The van der Waals surface area contributed by atoms with Gasteiger partial charge in [-0.25, -0.2) is 9.78 Å². The molecular formula is C27H31N3O2S. The summed E-state index contributed by atoms with van der Waals surface area (Å²) >= 11 is 1.48. The van der Waals surface area contributed by atoms with Gasteiger partial charge in [0.05, 0.1) is 17.3 Å². The van der Waals surface area contributed by atoms with E-state index in [1.165, 1.54) is 61.0 Å². The minimum atomic E-state index is -0.152. The molecule has 4 aliphatic carbocycles. The van der Waals surface area contributed by atoms with Gasteiger partial charge >= 0.3 is 6.03 Å². The van der Waals surface area contributed by atoms with Crippen molar-refractivity contribution in [2.45, 2.75) is 50.9 Å². The van der Waals surface area contributed by atoms with Crippen molar-refractivity contribution in [1.29, 1.82) is 0 Å². The highest BCUT2D eigenvalue weighted by atomic mass is 32.1. The molecule has 0 spiro atoms. The lowest BCUT2D eigenvalue weighted by atomic mass is 9.43. The van der Waals surface area contributed by atoms with Crippen molar-refractivity contribution in [1.82, 2.24) is 10.3 Å². The number of benzene rings is 2. The van der Waals surface area contributed by atoms with E-state index in [4.69, 9.17) is 4.74 Å². The molecule has 7 rings (SSSR count). The Bertz CT molecular complexity index is 1190. The molecule has 5 nitrogen and oxygen atoms in total. The fraction of sp³-hybridized carbons (Fsp3) is 0.481. The van der Waals surface area contributed by atoms with Gasteiger partial charge in [-0.3, -0.25) is 5.32 Å². The van der Waals surface area contributed by atoms with Crippen LogP contribution in [0.1, 0.15) is 49.7 Å². The maximum absolute atomic E-state index is 12.8. The van der Waals surface area contributed by atoms with Crippen LogP contribution in [0.4, 0.5) is 9.93 Å². The van der Waals surface area contributed by atoms with Gasteiger partial charge in [-0.2, -0.15) is 0 Å². The van der Waals surface area contributed by atoms with E-state index < -0.39 is 0 Å². The first-order valence-corrected chi connectivity index (χ1v) is 12.8. The van der Waals surface area contributed by atoms with Gasteiger partial charge in [0.1, 0.15) is 5.75 Å². The summed E-state index contributed by atoms with van der Waals surface area (Å²) < 4.78 is 6.30. The van der Waals surface area contributed by atoms with Crippen LogP contribution in [0.2, 0.25) is 0 Å². The maximum atomic E-state index is 12.8. The summed E-state index contributed by atoms with van der Waals surface area (Å²) in [5.41, 5.74) is 4.22. The molecule has 2 amide bonds. The highest BCUT2D eigenvalue weighted by Gasteiger charge is 2.58. The lowest BCUT2D eigenvalue weighted by Gasteiger charge is -2.62. The van der Waals surface area contributed by atoms with Crippen molar-refractivity contribution in [3.63, 3.8) is 0 Å². The summed E-state index contributed by atoms with van der Waals surface area (Å²) in [5.74, 6) is 2.37. The molecule has 4 bridgehead atoms. The van der Waals surface area contributed by atoms with Crippen molar-refractivity contribution in [3.8, 4) is 5.75 Å². The summed E-state index contributed by atoms with van der Waals surface area (Å²) in [6.45, 7) is 2.91. The average Bonchev–Trinajstić information content (AvgIpc) is 3.18. The number of carbonyl (C=O) groups excluding carboxylic acids is 1. The minimum absolute atomic E-state index is 0.152. The summed E-state index contributed by atoms with van der Waals surface area (Å²) in [7, 11) is 1.65. The number of anilines is 1. The van der Waals surface area contributed by atoms with E-state index in [9.17, 15) is 4.79 Å². The van der Waals surface area contributed by atoms with Crippen molar-refractivity contribution in [3.05, 3.63) is 53.6 Å². The molecule has 1 heterocycles. The molecular weight excluding hydrogens is 430 g/mol. The molecule has 4 fully saturated rings. The lowest BCUT2D eigenvalue weighted by Crippen LogP contribution is -2.57. The Morgan fingerprint density at radius 1 is 1.12 bits per heavy atom. The second-order valence-corrected chi connectivity index (χ2v) is 11.8. The number of fused-ring (bicyclic) bond motifs is 1. The number of aromatic nitrogens is 1. The first-order valence-electron chi connectivity index (χ1n) is 12.0. The predicted molar refractivity (Wildman–Crippen MR) is 133 cm³/mol. The number of carbonyl (C=O) groups is 1. The van der Waals surface area contributed by atoms with Gasteiger partial charge in [0, 0.05) is 6.54 Å². The van der Waals surface area contributed by atoms with Crippen LogP contribution in [0.15, 0.2) is 42.5 Å². The molecule has 33 heavy (non-hydrogen) atoms. The summed E-state index contributed by atoms with van der Waals surface area (Å²) in [4.78, 5) is 17.4. The largest absolute Gasteiger partial charge is 0.497 e. The van der Waals surface area contributed by atoms with Gasteiger partial charge in [0.25, 0.3) is 0 Å². The number of hydrogen-bond donors (Lipinski definition) is 2. The van der Waals surface area contributed by atoms with E-state index in [1.807, 2.05) is 18.2 Å². The van der Waals surface area contributed by atoms with Crippen LogP contribution >= 0.6 is 11.3 Å². The molecule has 4 saturated carbocycles. The van der Waals surface area contributed by atoms with Crippen LogP contribution < -0.4 is 15.4 Å². The van der Waals surface area contributed by atoms with Gasteiger partial charge in [0.2, 0.25) is 0 Å². The van der Waals surface area contributed by atoms with Crippen LogP contribution in [-0.4, -0.2) is 24.7 Å². The zero-order valence-electron chi connectivity index (χ0n) is 19.3. The smallest absolute Gasteiger partial charge is 0.321 e. The van der Waals surface area contributed by atoms with E-state index in [0.717, 1.165) is 34.3 Å². The molecule has 1 aromatic heterocycles. The van der Waals surface area contributed by atoms with Crippen LogP contribution in [0.3, 0.4) is 0 Å². The number of nitrogens with one attached hydrogen (secondary N) is 2. The Morgan fingerprint density at radius 2 is 1.88 bits per heavy atom. The number of nitrogens with zero attached hydrogens (tertiary/aromatic N) is 1. The number of hydrogen-bond acceptors (Lipinski definition) is 4. The van der Waals surface area contributed by atoms with Crippen LogP contribution in [0.5, 0.6) is 5.75 Å². The third-order valence-electron chi connectivity index (χ3n) is 8.29. The predicted octanol–water partition coefficient (Wildman–Crippen LogP) is 6.27. The molecule has 3 aromatic rings. The number of thiazole rings is 1. The monoisotopic (exact) mass is 461 g/mol. The second-order valence-electron chi connectivity index (χ2n) is 10.8. The van der Waals surface area contributed by atoms with E-state index in [0.29, 0.717) is 10.5 Å². The fourth-order valence-corrected chi connectivity index (χ4v) is 8.29.